The van der Waals surface area contributed by atoms with Crippen LogP contribution in [0.3, 0.4) is 0 Å². The zero-order valence-electron chi connectivity index (χ0n) is 22.2. The van der Waals surface area contributed by atoms with Crippen LogP contribution in [0.25, 0.3) is 5.57 Å². The van der Waals surface area contributed by atoms with Crippen LogP contribution in [0.4, 0.5) is 13.2 Å². The van der Waals surface area contributed by atoms with Gasteiger partial charge in [0.1, 0.15) is 5.70 Å². The smallest absolute Gasteiger partial charge is 0.431 e. The van der Waals surface area contributed by atoms with Crippen LogP contribution in [-0.2, 0) is 9.59 Å². The molecule has 1 heterocycles. The van der Waals surface area contributed by atoms with E-state index in [4.69, 9.17) is 28.6 Å². The molecule has 0 saturated heterocycles. The van der Waals surface area contributed by atoms with Crippen LogP contribution in [0.15, 0.2) is 30.2 Å². The van der Waals surface area contributed by atoms with Gasteiger partial charge in [-0.15, -0.1) is 0 Å². The van der Waals surface area contributed by atoms with E-state index in [9.17, 15) is 27.9 Å². The van der Waals surface area contributed by atoms with Gasteiger partial charge in [0.25, 0.3) is 5.91 Å². The second-order valence-corrected chi connectivity index (χ2v) is 11.1. The number of pyridine rings is 1. The minimum absolute atomic E-state index is 0.0417. The zero-order chi connectivity index (χ0) is 29.4. The largest absolute Gasteiger partial charge is 0.481 e. The molecule has 7 nitrogen and oxygen atoms in total. The molecule has 0 aromatic carbocycles. The molecule has 1 rings (SSSR count). The minimum Gasteiger partial charge on any atom is -0.481 e. The van der Waals surface area contributed by atoms with Crippen molar-refractivity contribution in [2.24, 2.45) is 11.3 Å². The Labute approximate surface area is 231 Å². The van der Waals surface area contributed by atoms with Crippen LogP contribution in [0.5, 0.6) is 0 Å². The average Bonchev–Trinajstić information content (AvgIpc) is 2.76. The molecule has 0 bridgehead atoms. The summed E-state index contributed by atoms with van der Waals surface area (Å²) >= 11 is 12.4. The second-order valence-electron chi connectivity index (χ2n) is 10.3. The summed E-state index contributed by atoms with van der Waals surface area (Å²) < 4.78 is 42.5. The number of hydrogen-bond acceptors (Lipinski definition) is 5. The molecule has 1 amide bonds. The van der Waals surface area contributed by atoms with E-state index >= 15 is 0 Å². The minimum atomic E-state index is -4.98. The number of nitrogens with zero attached hydrogens (tertiary/aromatic N) is 2. The van der Waals surface area contributed by atoms with Crippen LogP contribution in [0.2, 0.25) is 10.0 Å². The molecule has 3 N–H and O–H groups in total. The van der Waals surface area contributed by atoms with Crippen molar-refractivity contribution in [3.63, 3.8) is 0 Å². The first-order valence-corrected chi connectivity index (χ1v) is 12.8. The number of carbonyl (C=O) groups excluding carboxylic acids is 1. The summed E-state index contributed by atoms with van der Waals surface area (Å²) in [7, 11) is 0. The van der Waals surface area contributed by atoms with Gasteiger partial charge in [-0.25, -0.2) is 0 Å². The maximum atomic E-state index is 14.2. The third kappa shape index (κ3) is 9.94. The van der Waals surface area contributed by atoms with Crippen molar-refractivity contribution in [3.8, 4) is 0 Å². The number of carboxylic acid groups (broad SMARTS) is 1. The van der Waals surface area contributed by atoms with Gasteiger partial charge in [-0.1, -0.05) is 57.5 Å². The third-order valence-electron chi connectivity index (χ3n) is 5.65. The molecule has 0 aliphatic rings. The first-order valence-electron chi connectivity index (χ1n) is 12.0. The SMILES string of the molecule is C=C(CN(CC(C)(C)C)C(=O)/C(C=N)=C(/NC(C)CC[C@H](CC)C(=O)O)C(F)(F)F)c1c(Cl)cncc1Cl. The van der Waals surface area contributed by atoms with Crippen molar-refractivity contribution in [2.45, 2.75) is 66.1 Å². The maximum absolute atomic E-state index is 14.2. The standard InChI is InChI=1S/C26H35Cl2F3N4O3/c1-7-17(24(37)38)9-8-16(3)34-22(26(29,30)31)18(10-32)23(36)35(14-25(4,5)6)13-15(2)21-19(27)11-33-12-20(21)28/h10-12,16-17,32,34H,2,7-9,13-14H2,1,3-6H3,(H,37,38)/b22-18+,32-10?/t16?,17-/m0/s1. The molecule has 1 aromatic rings. The fraction of sp³-hybridized carbons (Fsp3) is 0.538. The lowest BCUT2D eigenvalue weighted by Gasteiger charge is -2.32. The van der Waals surface area contributed by atoms with Crippen LogP contribution in [0.1, 0.15) is 59.4 Å². The highest BCUT2D eigenvalue weighted by Gasteiger charge is 2.40. The average molecular weight is 579 g/mol. The summed E-state index contributed by atoms with van der Waals surface area (Å²) in [4.78, 5) is 29.9. The summed E-state index contributed by atoms with van der Waals surface area (Å²) in [6, 6.07) is -0.816. The number of nitrogens with one attached hydrogen (secondary N) is 2. The predicted octanol–water partition coefficient (Wildman–Crippen LogP) is 6.61. The predicted molar refractivity (Wildman–Crippen MR) is 144 cm³/mol. The van der Waals surface area contributed by atoms with Crippen LogP contribution in [0, 0.1) is 16.7 Å². The number of rotatable bonds is 13. The first kappa shape index (κ1) is 33.4. The second kappa shape index (κ2) is 14.0. The Bertz CT molecular complexity index is 1050. The topological polar surface area (TPSA) is 106 Å². The highest BCUT2D eigenvalue weighted by atomic mass is 35.5. The molecule has 2 atom stereocenters. The lowest BCUT2D eigenvalue weighted by atomic mass is 9.94. The molecule has 0 spiro atoms. The molecule has 0 radical (unpaired) electrons. The van der Waals surface area contributed by atoms with Gasteiger partial charge in [-0.05, 0) is 37.2 Å². The summed E-state index contributed by atoms with van der Waals surface area (Å²) in [6.45, 7) is 12.4. The Morgan fingerprint density at radius 2 is 1.76 bits per heavy atom. The van der Waals surface area contributed by atoms with Gasteiger partial charge in [0.15, 0.2) is 0 Å². The number of aliphatic carboxylic acids is 1. The lowest BCUT2D eigenvalue weighted by molar-refractivity contribution is -0.142. The van der Waals surface area contributed by atoms with Gasteiger partial charge in [-0.3, -0.25) is 14.6 Å². The lowest BCUT2D eigenvalue weighted by Crippen LogP contribution is -2.43. The van der Waals surface area contributed by atoms with Gasteiger partial charge in [0.2, 0.25) is 0 Å². The maximum Gasteiger partial charge on any atom is 0.431 e. The van der Waals surface area contributed by atoms with Crippen molar-refractivity contribution in [2.75, 3.05) is 13.1 Å². The molecular weight excluding hydrogens is 544 g/mol. The molecule has 12 heteroatoms. The number of aromatic nitrogens is 1. The number of hydrogen-bond donors (Lipinski definition) is 3. The molecular formula is C26H35Cl2F3N4O3. The molecule has 0 aliphatic carbocycles. The summed E-state index contributed by atoms with van der Waals surface area (Å²) in [6.07, 6.45) is -1.31. The first-order chi connectivity index (χ1) is 17.4. The van der Waals surface area contributed by atoms with Crippen LogP contribution < -0.4 is 5.32 Å². The third-order valence-corrected chi connectivity index (χ3v) is 6.22. The van der Waals surface area contributed by atoms with Gasteiger partial charge in [0.05, 0.1) is 21.5 Å². The van der Waals surface area contributed by atoms with Crippen LogP contribution >= 0.6 is 23.2 Å². The Kier molecular flexibility index (Phi) is 12.3. The number of allylic oxidation sites excluding steroid dienone is 1. The normalized spacial score (nSPS) is 14.3. The molecule has 0 saturated carbocycles. The van der Waals surface area contributed by atoms with E-state index in [1.54, 1.807) is 6.92 Å². The van der Waals surface area contributed by atoms with Crippen LogP contribution in [-0.4, -0.2) is 58.4 Å². The van der Waals surface area contributed by atoms with Crippen molar-refractivity contribution in [3.05, 3.63) is 45.9 Å². The summed E-state index contributed by atoms with van der Waals surface area (Å²) in [5.74, 6) is -2.74. The molecule has 38 heavy (non-hydrogen) atoms. The number of carboxylic acids is 1. The van der Waals surface area contributed by atoms with Gasteiger partial charge >= 0.3 is 12.1 Å². The summed E-state index contributed by atoms with van der Waals surface area (Å²) in [5.41, 5.74) is -2.14. The van der Waals surface area contributed by atoms with E-state index in [-0.39, 0.29) is 36.0 Å². The van der Waals surface area contributed by atoms with Gasteiger partial charge in [-0.2, -0.15) is 13.2 Å². The van der Waals surface area contributed by atoms with Crippen molar-refractivity contribution < 1.29 is 27.9 Å². The molecule has 1 aromatic heterocycles. The Morgan fingerprint density at radius 1 is 1.21 bits per heavy atom. The Hall–Kier alpha value is -2.59. The van der Waals surface area contributed by atoms with Crippen molar-refractivity contribution >= 4 is 46.9 Å². The highest BCUT2D eigenvalue weighted by Crippen LogP contribution is 2.32. The molecule has 1 unspecified atom stereocenters. The summed E-state index contributed by atoms with van der Waals surface area (Å²) in [5, 5.41) is 19.6. The van der Waals surface area contributed by atoms with E-state index in [0.717, 1.165) is 0 Å². The number of alkyl halides is 3. The Morgan fingerprint density at radius 3 is 2.18 bits per heavy atom. The quantitative estimate of drug-likeness (QED) is 0.180. The number of halogens is 5. The van der Waals surface area contributed by atoms with Gasteiger partial charge < -0.3 is 20.7 Å². The van der Waals surface area contributed by atoms with E-state index in [1.807, 2.05) is 20.8 Å². The van der Waals surface area contributed by atoms with E-state index < -0.39 is 46.7 Å². The highest BCUT2D eigenvalue weighted by molar-refractivity contribution is 6.37. The molecule has 0 aliphatic heterocycles. The van der Waals surface area contributed by atoms with Crippen molar-refractivity contribution in [1.29, 1.82) is 5.41 Å². The van der Waals surface area contributed by atoms with Gasteiger partial charge in [0, 0.05) is 43.3 Å². The zero-order valence-corrected chi connectivity index (χ0v) is 23.7. The fourth-order valence-electron chi connectivity index (χ4n) is 3.83. The Balaban J connectivity index is 3.42. The van der Waals surface area contributed by atoms with E-state index in [1.165, 1.54) is 24.2 Å². The fourth-order valence-corrected chi connectivity index (χ4v) is 4.46. The monoisotopic (exact) mass is 578 g/mol. The van der Waals surface area contributed by atoms with E-state index in [2.05, 4.69) is 16.9 Å². The number of carbonyl (C=O) groups is 2. The molecule has 212 valence electrons. The number of amides is 1. The van der Waals surface area contributed by atoms with Crippen molar-refractivity contribution in [1.82, 2.24) is 15.2 Å². The molecule has 0 fully saturated rings. The van der Waals surface area contributed by atoms with E-state index in [0.29, 0.717) is 23.8 Å².